The van der Waals surface area contributed by atoms with Crippen LogP contribution in [0.1, 0.15) is 18.9 Å². The molecule has 116 valence electrons. The maximum absolute atomic E-state index is 12.1. The van der Waals surface area contributed by atoms with Gasteiger partial charge in [-0.05, 0) is 42.0 Å². The predicted molar refractivity (Wildman–Crippen MR) is 75.9 cm³/mol. The summed E-state index contributed by atoms with van der Waals surface area (Å²) in [5, 5.41) is 0.978. The van der Waals surface area contributed by atoms with E-state index in [1.54, 1.807) is 10.8 Å². The lowest BCUT2D eigenvalue weighted by atomic mass is 10.0. The molecule has 0 spiro atoms. The highest BCUT2D eigenvalue weighted by atomic mass is 19.4. The average molecular weight is 300 g/mol. The van der Waals surface area contributed by atoms with E-state index in [1.165, 1.54) is 0 Å². The minimum absolute atomic E-state index is 0.114. The second kappa shape index (κ2) is 6.49. The van der Waals surface area contributed by atoms with Crippen LogP contribution in [0.5, 0.6) is 0 Å². The fourth-order valence-corrected chi connectivity index (χ4v) is 2.20. The van der Waals surface area contributed by atoms with E-state index >= 15 is 0 Å². The molecular formula is C15H19F3N2O. The molecular weight excluding hydrogens is 281 g/mol. The summed E-state index contributed by atoms with van der Waals surface area (Å²) in [7, 11) is 0. The lowest BCUT2D eigenvalue weighted by Crippen LogP contribution is -2.21. The van der Waals surface area contributed by atoms with Crippen LogP contribution >= 0.6 is 0 Å². The molecule has 6 heteroatoms. The van der Waals surface area contributed by atoms with Crippen molar-refractivity contribution in [3.8, 4) is 0 Å². The minimum atomic E-state index is -4.30. The van der Waals surface area contributed by atoms with Gasteiger partial charge >= 0.3 is 6.18 Å². The average Bonchev–Trinajstić information content (AvgIpc) is 2.80. The largest absolute Gasteiger partial charge is 0.411 e. The van der Waals surface area contributed by atoms with E-state index in [-0.39, 0.29) is 12.8 Å². The molecule has 3 nitrogen and oxygen atoms in total. The van der Waals surface area contributed by atoms with E-state index in [2.05, 4.69) is 4.74 Å². The molecule has 0 aliphatic heterocycles. The molecule has 2 rings (SSSR count). The fraction of sp³-hybridized carbons (Fsp3) is 0.467. The molecule has 2 N–H and O–H groups in total. The van der Waals surface area contributed by atoms with Crippen molar-refractivity contribution >= 4 is 10.9 Å². The molecule has 1 unspecified atom stereocenters. The first-order valence-electron chi connectivity index (χ1n) is 6.87. The third-order valence-corrected chi connectivity index (χ3v) is 3.35. The Kier molecular flexibility index (Phi) is 4.90. The molecule has 0 saturated carbocycles. The first kappa shape index (κ1) is 15.9. The van der Waals surface area contributed by atoms with Crippen LogP contribution in [0.2, 0.25) is 0 Å². The molecule has 0 aliphatic carbocycles. The smallest absolute Gasteiger partial charge is 0.351 e. The van der Waals surface area contributed by atoms with Gasteiger partial charge in [-0.3, -0.25) is 0 Å². The number of hydrogen-bond donors (Lipinski definition) is 1. The molecule has 1 heterocycles. The van der Waals surface area contributed by atoms with E-state index in [4.69, 9.17) is 5.73 Å². The van der Waals surface area contributed by atoms with Gasteiger partial charge in [-0.1, -0.05) is 13.0 Å². The molecule has 21 heavy (non-hydrogen) atoms. The third-order valence-electron chi connectivity index (χ3n) is 3.35. The topological polar surface area (TPSA) is 40.2 Å². The summed E-state index contributed by atoms with van der Waals surface area (Å²) in [6.07, 6.45) is -0.872. The number of halogens is 3. The Morgan fingerprint density at radius 3 is 2.71 bits per heavy atom. The number of benzene rings is 1. The summed E-state index contributed by atoms with van der Waals surface area (Å²) >= 11 is 0. The molecule has 0 fully saturated rings. The zero-order chi connectivity index (χ0) is 15.5. The minimum Gasteiger partial charge on any atom is -0.351 e. The monoisotopic (exact) mass is 300 g/mol. The Morgan fingerprint density at radius 2 is 2.05 bits per heavy atom. The van der Waals surface area contributed by atoms with Gasteiger partial charge in [0.25, 0.3) is 0 Å². The van der Waals surface area contributed by atoms with E-state index in [1.807, 2.05) is 31.2 Å². The summed E-state index contributed by atoms with van der Waals surface area (Å²) in [4.78, 5) is 0. The van der Waals surface area contributed by atoms with E-state index in [0.29, 0.717) is 0 Å². The summed E-state index contributed by atoms with van der Waals surface area (Å²) in [6, 6.07) is 7.86. The van der Waals surface area contributed by atoms with Crippen LogP contribution in [0.3, 0.4) is 0 Å². The molecule has 0 bridgehead atoms. The zero-order valence-electron chi connectivity index (χ0n) is 11.9. The number of nitrogens with zero attached hydrogens (tertiary/aromatic N) is 1. The van der Waals surface area contributed by atoms with Crippen LogP contribution in [-0.2, 0) is 17.9 Å². The molecule has 2 aromatic rings. The van der Waals surface area contributed by atoms with Crippen LogP contribution in [0.4, 0.5) is 13.2 Å². The number of ether oxygens (including phenoxy) is 1. The second-order valence-corrected chi connectivity index (χ2v) is 5.14. The molecule has 1 aromatic heterocycles. The second-order valence-electron chi connectivity index (χ2n) is 5.14. The lowest BCUT2D eigenvalue weighted by molar-refractivity contribution is -0.181. The molecule has 0 aliphatic rings. The van der Waals surface area contributed by atoms with Gasteiger partial charge in [0.15, 0.2) is 0 Å². The van der Waals surface area contributed by atoms with Gasteiger partial charge in [-0.25, -0.2) is 0 Å². The van der Waals surface area contributed by atoms with Crippen molar-refractivity contribution in [1.29, 1.82) is 0 Å². The van der Waals surface area contributed by atoms with Gasteiger partial charge in [0, 0.05) is 17.8 Å². The first-order chi connectivity index (χ1) is 9.89. The summed E-state index contributed by atoms with van der Waals surface area (Å²) in [6.45, 7) is 0.685. The maximum Gasteiger partial charge on any atom is 0.411 e. The maximum atomic E-state index is 12.1. The SMILES string of the molecule is CCC(N)Cc1ccc2c(ccn2COCC(F)(F)F)c1. The van der Waals surface area contributed by atoms with E-state index < -0.39 is 12.8 Å². The molecule has 0 amide bonds. The van der Waals surface area contributed by atoms with Crippen LogP contribution in [0.25, 0.3) is 10.9 Å². The molecule has 0 saturated heterocycles. The number of rotatable bonds is 6. The Labute approximate surface area is 121 Å². The molecule has 1 aromatic carbocycles. The number of fused-ring (bicyclic) bond motifs is 1. The van der Waals surface area contributed by atoms with Crippen molar-refractivity contribution in [2.75, 3.05) is 6.61 Å². The third kappa shape index (κ3) is 4.47. The standard InChI is InChI=1S/C15H19F3N2O/c1-2-13(19)8-11-3-4-14-12(7-11)5-6-20(14)10-21-9-15(16,17)18/h3-7,13H,2,8-10,19H2,1H3. The molecule has 0 radical (unpaired) electrons. The van der Waals surface area contributed by atoms with Crippen LogP contribution < -0.4 is 5.73 Å². The lowest BCUT2D eigenvalue weighted by Gasteiger charge is -2.11. The first-order valence-corrected chi connectivity index (χ1v) is 6.87. The summed E-state index contributed by atoms with van der Waals surface area (Å²) in [5.41, 5.74) is 7.91. The van der Waals surface area contributed by atoms with Crippen molar-refractivity contribution < 1.29 is 17.9 Å². The molecule has 1 atom stereocenters. The van der Waals surface area contributed by atoms with Crippen LogP contribution in [0, 0.1) is 0 Å². The zero-order valence-corrected chi connectivity index (χ0v) is 11.9. The number of hydrogen-bond acceptors (Lipinski definition) is 2. The van der Waals surface area contributed by atoms with Crippen molar-refractivity contribution in [3.05, 3.63) is 36.0 Å². The Hall–Kier alpha value is -1.53. The Balaban J connectivity index is 2.06. The van der Waals surface area contributed by atoms with Crippen molar-refractivity contribution in [2.24, 2.45) is 5.73 Å². The van der Waals surface area contributed by atoms with Gasteiger partial charge in [0.2, 0.25) is 0 Å². The van der Waals surface area contributed by atoms with Gasteiger partial charge in [0.05, 0.1) is 0 Å². The highest BCUT2D eigenvalue weighted by Gasteiger charge is 2.27. The normalized spacial score (nSPS) is 13.8. The predicted octanol–water partition coefficient (Wildman–Crippen LogP) is 3.46. The van der Waals surface area contributed by atoms with Crippen molar-refractivity contribution in [1.82, 2.24) is 4.57 Å². The van der Waals surface area contributed by atoms with Gasteiger partial charge < -0.3 is 15.0 Å². The van der Waals surface area contributed by atoms with Crippen molar-refractivity contribution in [2.45, 2.75) is 38.7 Å². The highest BCUT2D eigenvalue weighted by Crippen LogP contribution is 2.20. The number of nitrogens with two attached hydrogens (primary N) is 1. The Morgan fingerprint density at radius 1 is 1.29 bits per heavy atom. The fourth-order valence-electron chi connectivity index (χ4n) is 2.20. The quantitative estimate of drug-likeness (QED) is 0.887. The van der Waals surface area contributed by atoms with Gasteiger partial charge in [-0.2, -0.15) is 13.2 Å². The van der Waals surface area contributed by atoms with Crippen molar-refractivity contribution in [3.63, 3.8) is 0 Å². The van der Waals surface area contributed by atoms with E-state index in [9.17, 15) is 13.2 Å². The van der Waals surface area contributed by atoms with Gasteiger partial charge in [0.1, 0.15) is 13.3 Å². The number of alkyl halides is 3. The highest BCUT2D eigenvalue weighted by molar-refractivity contribution is 5.80. The number of aromatic nitrogens is 1. The summed E-state index contributed by atoms with van der Waals surface area (Å²) < 4.78 is 42.5. The van der Waals surface area contributed by atoms with Gasteiger partial charge in [-0.15, -0.1) is 0 Å². The van der Waals surface area contributed by atoms with Crippen LogP contribution in [0.15, 0.2) is 30.5 Å². The van der Waals surface area contributed by atoms with Crippen LogP contribution in [-0.4, -0.2) is 23.4 Å². The summed E-state index contributed by atoms with van der Waals surface area (Å²) in [5.74, 6) is 0. The van der Waals surface area contributed by atoms with E-state index in [0.717, 1.165) is 29.3 Å². The Bertz CT molecular complexity index is 592.